The maximum atomic E-state index is 12.2. The molecule has 0 atom stereocenters. The molecule has 142 valence electrons. The lowest BCUT2D eigenvalue weighted by Crippen LogP contribution is -2.38. The van der Waals surface area contributed by atoms with Crippen molar-refractivity contribution in [1.82, 2.24) is 15.6 Å². The van der Waals surface area contributed by atoms with E-state index >= 15 is 0 Å². The number of sulfone groups is 1. The van der Waals surface area contributed by atoms with E-state index < -0.39 is 9.84 Å². The highest BCUT2D eigenvalue weighted by molar-refractivity contribution is 14.0. The average Bonchev–Trinajstić information content (AvgIpc) is 2.64. The number of halogens is 1. The van der Waals surface area contributed by atoms with Crippen molar-refractivity contribution >= 4 is 39.8 Å². The number of aliphatic imine (C=N–C) groups is 1. The van der Waals surface area contributed by atoms with Gasteiger partial charge >= 0.3 is 0 Å². The third-order valence-electron chi connectivity index (χ3n) is 3.45. The van der Waals surface area contributed by atoms with Crippen LogP contribution in [0, 0.1) is 0 Å². The number of hydrogen-bond donors (Lipinski definition) is 2. The second-order valence-corrected chi connectivity index (χ2v) is 7.54. The number of guanidine groups is 1. The van der Waals surface area contributed by atoms with Gasteiger partial charge in [0.05, 0.1) is 22.9 Å². The number of benzene rings is 1. The third kappa shape index (κ3) is 7.69. The lowest BCUT2D eigenvalue weighted by molar-refractivity contribution is 0.592. The molecular weight excluding hydrogens is 463 g/mol. The van der Waals surface area contributed by atoms with Gasteiger partial charge in [0, 0.05) is 19.3 Å². The van der Waals surface area contributed by atoms with Crippen LogP contribution in [0.25, 0.3) is 0 Å². The van der Waals surface area contributed by atoms with Crippen molar-refractivity contribution in [2.75, 3.05) is 18.8 Å². The van der Waals surface area contributed by atoms with Crippen molar-refractivity contribution in [3.05, 3.63) is 60.4 Å². The first-order valence-corrected chi connectivity index (χ1v) is 9.97. The Morgan fingerprint density at radius 3 is 2.46 bits per heavy atom. The third-order valence-corrected chi connectivity index (χ3v) is 5.27. The van der Waals surface area contributed by atoms with E-state index in [1.165, 1.54) is 0 Å². The van der Waals surface area contributed by atoms with Crippen LogP contribution in [0.15, 0.2) is 64.6 Å². The topological polar surface area (TPSA) is 83.4 Å². The summed E-state index contributed by atoms with van der Waals surface area (Å²) in [4.78, 5) is 9.06. The maximum absolute atomic E-state index is 12.2. The zero-order valence-corrected chi connectivity index (χ0v) is 17.9. The van der Waals surface area contributed by atoms with Gasteiger partial charge in [0.2, 0.25) is 0 Å². The lowest BCUT2D eigenvalue weighted by atomic mass is 10.3. The molecule has 6 nitrogen and oxygen atoms in total. The molecule has 0 fully saturated rings. The Balaban J connectivity index is 0.00000338. The predicted octanol–water partition coefficient (Wildman–Crippen LogP) is 2.62. The Morgan fingerprint density at radius 1 is 1.08 bits per heavy atom. The first-order valence-electron chi connectivity index (χ1n) is 8.31. The molecule has 1 heterocycles. The van der Waals surface area contributed by atoms with Gasteiger partial charge in [0.1, 0.15) is 0 Å². The normalized spacial score (nSPS) is 11.5. The van der Waals surface area contributed by atoms with Gasteiger partial charge in [-0.15, -0.1) is 24.0 Å². The highest BCUT2D eigenvalue weighted by Crippen LogP contribution is 2.10. The van der Waals surface area contributed by atoms with Gasteiger partial charge in [0.25, 0.3) is 0 Å². The first kappa shape index (κ1) is 22.4. The Morgan fingerprint density at radius 2 is 1.81 bits per heavy atom. The van der Waals surface area contributed by atoms with Gasteiger partial charge in [-0.05, 0) is 37.6 Å². The summed E-state index contributed by atoms with van der Waals surface area (Å²) >= 11 is 0. The SMILES string of the molecule is CCNC(=NCc1ccccn1)NCCCS(=O)(=O)c1ccccc1.I. The molecule has 0 aliphatic carbocycles. The molecule has 0 amide bonds. The van der Waals surface area contributed by atoms with E-state index in [4.69, 9.17) is 0 Å². The van der Waals surface area contributed by atoms with Gasteiger partial charge in [-0.2, -0.15) is 0 Å². The van der Waals surface area contributed by atoms with Crippen molar-refractivity contribution in [3.63, 3.8) is 0 Å². The van der Waals surface area contributed by atoms with Crippen molar-refractivity contribution in [2.24, 2.45) is 4.99 Å². The summed E-state index contributed by atoms with van der Waals surface area (Å²) in [7, 11) is -3.24. The number of nitrogens with one attached hydrogen (secondary N) is 2. The fourth-order valence-electron chi connectivity index (χ4n) is 2.21. The molecule has 1 aromatic heterocycles. The van der Waals surface area contributed by atoms with Gasteiger partial charge in [-0.25, -0.2) is 13.4 Å². The monoisotopic (exact) mass is 488 g/mol. The summed E-state index contributed by atoms with van der Waals surface area (Å²) in [5, 5.41) is 6.31. The molecule has 2 rings (SSSR count). The summed E-state index contributed by atoms with van der Waals surface area (Å²) in [6.07, 6.45) is 2.24. The molecule has 0 saturated carbocycles. The maximum Gasteiger partial charge on any atom is 0.191 e. The Bertz CT molecular complexity index is 768. The predicted molar refractivity (Wildman–Crippen MR) is 116 cm³/mol. The fraction of sp³-hybridized carbons (Fsp3) is 0.333. The fourth-order valence-corrected chi connectivity index (χ4v) is 3.54. The van der Waals surface area contributed by atoms with Crippen LogP contribution < -0.4 is 10.6 Å². The molecule has 26 heavy (non-hydrogen) atoms. The van der Waals surface area contributed by atoms with E-state index in [2.05, 4.69) is 20.6 Å². The van der Waals surface area contributed by atoms with Crippen LogP contribution >= 0.6 is 24.0 Å². The smallest absolute Gasteiger partial charge is 0.191 e. The lowest BCUT2D eigenvalue weighted by Gasteiger charge is -2.11. The molecular formula is C18H25IN4O2S. The van der Waals surface area contributed by atoms with Gasteiger partial charge in [0.15, 0.2) is 15.8 Å². The van der Waals surface area contributed by atoms with E-state index in [9.17, 15) is 8.42 Å². The molecule has 0 bridgehead atoms. The number of nitrogens with zero attached hydrogens (tertiary/aromatic N) is 2. The zero-order valence-electron chi connectivity index (χ0n) is 14.8. The van der Waals surface area contributed by atoms with E-state index in [0.29, 0.717) is 30.4 Å². The quantitative estimate of drug-likeness (QED) is 0.259. The van der Waals surface area contributed by atoms with Gasteiger partial charge < -0.3 is 10.6 Å². The van der Waals surface area contributed by atoms with Gasteiger partial charge in [-0.3, -0.25) is 4.98 Å². The molecule has 0 aliphatic heterocycles. The number of hydrogen-bond acceptors (Lipinski definition) is 4. The van der Waals surface area contributed by atoms with Crippen molar-refractivity contribution < 1.29 is 8.42 Å². The minimum Gasteiger partial charge on any atom is -0.357 e. The van der Waals surface area contributed by atoms with Crippen molar-refractivity contribution in [1.29, 1.82) is 0 Å². The standard InChI is InChI=1S/C18H24N4O2S.HI/c1-2-19-18(22-15-16-9-6-7-12-20-16)21-13-8-14-25(23,24)17-10-4-3-5-11-17;/h3-7,9-12H,2,8,13-15H2,1H3,(H2,19,21,22);1H. The van der Waals surface area contributed by atoms with E-state index in [0.717, 1.165) is 12.2 Å². The minimum absolute atomic E-state index is 0. The van der Waals surface area contributed by atoms with Crippen LogP contribution in [0.1, 0.15) is 19.0 Å². The van der Waals surface area contributed by atoms with E-state index in [1.54, 1.807) is 36.5 Å². The highest BCUT2D eigenvalue weighted by Gasteiger charge is 2.13. The Labute approximate surface area is 172 Å². The van der Waals surface area contributed by atoms with E-state index in [-0.39, 0.29) is 29.7 Å². The summed E-state index contributed by atoms with van der Waals surface area (Å²) in [6.45, 7) is 3.72. The van der Waals surface area contributed by atoms with Crippen LogP contribution in [0.4, 0.5) is 0 Å². The Kier molecular flexibility index (Phi) is 10.2. The van der Waals surface area contributed by atoms with Crippen LogP contribution in [0.2, 0.25) is 0 Å². The molecule has 1 aromatic carbocycles. The molecule has 0 saturated heterocycles. The molecule has 2 aromatic rings. The Hall–Kier alpha value is -1.68. The second-order valence-electron chi connectivity index (χ2n) is 5.43. The summed E-state index contributed by atoms with van der Waals surface area (Å²) in [5.41, 5.74) is 0.881. The summed E-state index contributed by atoms with van der Waals surface area (Å²) in [6, 6.07) is 14.2. The molecule has 0 aliphatic rings. The van der Waals surface area contributed by atoms with E-state index in [1.807, 2.05) is 25.1 Å². The molecule has 8 heteroatoms. The van der Waals surface area contributed by atoms with Crippen LogP contribution in [-0.2, 0) is 16.4 Å². The molecule has 2 N–H and O–H groups in total. The average molecular weight is 488 g/mol. The minimum atomic E-state index is -3.24. The molecule has 0 unspecified atom stereocenters. The number of pyridine rings is 1. The largest absolute Gasteiger partial charge is 0.357 e. The first-order chi connectivity index (χ1) is 12.1. The van der Waals surface area contributed by atoms with Crippen LogP contribution in [0.5, 0.6) is 0 Å². The van der Waals surface area contributed by atoms with Crippen molar-refractivity contribution in [2.45, 2.75) is 24.8 Å². The number of rotatable bonds is 8. The highest BCUT2D eigenvalue weighted by atomic mass is 127. The van der Waals surface area contributed by atoms with Crippen LogP contribution in [0.3, 0.4) is 0 Å². The van der Waals surface area contributed by atoms with Gasteiger partial charge in [-0.1, -0.05) is 24.3 Å². The summed E-state index contributed by atoms with van der Waals surface area (Å²) in [5.74, 6) is 0.759. The molecule has 0 spiro atoms. The summed E-state index contributed by atoms with van der Waals surface area (Å²) < 4.78 is 24.5. The van der Waals surface area contributed by atoms with Crippen LogP contribution in [-0.4, -0.2) is 38.2 Å². The second kappa shape index (κ2) is 11.8. The zero-order chi connectivity index (χ0) is 18.0. The number of aromatic nitrogens is 1. The molecule has 0 radical (unpaired) electrons. The van der Waals surface area contributed by atoms with Crippen molar-refractivity contribution in [3.8, 4) is 0 Å².